The third kappa shape index (κ3) is 3.52. The van der Waals surface area contributed by atoms with Crippen LogP contribution in [0.5, 0.6) is 0 Å². The Labute approximate surface area is 116 Å². The highest BCUT2D eigenvalue weighted by atomic mass is 19.4. The Bertz CT molecular complexity index is 496. The largest absolute Gasteiger partial charge is 0.416 e. The van der Waals surface area contributed by atoms with Crippen molar-refractivity contribution in [1.82, 2.24) is 5.32 Å². The second-order valence-electron chi connectivity index (χ2n) is 5.63. The van der Waals surface area contributed by atoms with Crippen LogP contribution in [0.25, 0.3) is 0 Å². The number of carbonyl (C=O) groups is 1. The zero-order valence-corrected chi connectivity index (χ0v) is 11.5. The molecule has 0 aromatic heterocycles. The number of hydrogen-bond acceptors (Lipinski definition) is 1. The Balaban J connectivity index is 1.94. The minimum absolute atomic E-state index is 0.0142. The zero-order valence-electron chi connectivity index (χ0n) is 11.5. The first kappa shape index (κ1) is 14.9. The van der Waals surface area contributed by atoms with Crippen LogP contribution < -0.4 is 5.32 Å². The lowest BCUT2D eigenvalue weighted by Gasteiger charge is -2.09. The number of carbonyl (C=O) groups excluding carboxylic acids is 1. The second kappa shape index (κ2) is 5.46. The molecule has 0 unspecified atom stereocenters. The highest BCUT2D eigenvalue weighted by Crippen LogP contribution is 2.47. The molecule has 5 heteroatoms. The Morgan fingerprint density at radius 1 is 1.40 bits per heavy atom. The number of amides is 1. The van der Waals surface area contributed by atoms with Crippen LogP contribution in [0.2, 0.25) is 0 Å². The molecule has 1 aliphatic rings. The summed E-state index contributed by atoms with van der Waals surface area (Å²) in [6, 6.07) is 5.47. The van der Waals surface area contributed by atoms with Gasteiger partial charge in [0.2, 0.25) is 5.91 Å². The summed E-state index contributed by atoms with van der Waals surface area (Å²) >= 11 is 0. The zero-order chi connectivity index (χ0) is 14.9. The van der Waals surface area contributed by atoms with Crippen molar-refractivity contribution < 1.29 is 18.0 Å². The Hall–Kier alpha value is -1.52. The minimum Gasteiger partial charge on any atom is -0.356 e. The first-order valence-corrected chi connectivity index (χ1v) is 6.74. The minimum atomic E-state index is -4.30. The van der Waals surface area contributed by atoms with E-state index in [9.17, 15) is 18.0 Å². The first-order valence-electron chi connectivity index (χ1n) is 6.74. The highest BCUT2D eigenvalue weighted by Gasteiger charge is 2.39. The number of rotatable bonds is 4. The lowest BCUT2D eigenvalue weighted by molar-refractivity contribution is -0.137. The van der Waals surface area contributed by atoms with E-state index in [1.807, 2.05) is 13.8 Å². The average molecular weight is 285 g/mol. The molecule has 110 valence electrons. The van der Waals surface area contributed by atoms with E-state index in [1.165, 1.54) is 12.1 Å². The molecular weight excluding hydrogens is 267 g/mol. The summed E-state index contributed by atoms with van der Waals surface area (Å²) in [5, 5.41) is 2.83. The molecule has 1 N–H and O–H groups in total. The number of halogens is 3. The molecule has 0 aliphatic heterocycles. The summed E-state index contributed by atoms with van der Waals surface area (Å²) in [7, 11) is 0. The molecule has 0 heterocycles. The van der Waals surface area contributed by atoms with E-state index >= 15 is 0 Å². The van der Waals surface area contributed by atoms with Crippen molar-refractivity contribution in [2.45, 2.75) is 32.4 Å². The third-order valence-electron chi connectivity index (χ3n) is 3.63. The molecule has 1 fully saturated rings. The quantitative estimate of drug-likeness (QED) is 0.900. The monoisotopic (exact) mass is 285 g/mol. The van der Waals surface area contributed by atoms with E-state index in [2.05, 4.69) is 5.32 Å². The summed E-state index contributed by atoms with van der Waals surface area (Å²) in [6.07, 6.45) is -3.47. The van der Waals surface area contributed by atoms with Gasteiger partial charge in [-0.15, -0.1) is 0 Å². The molecule has 2 nitrogen and oxygen atoms in total. The van der Waals surface area contributed by atoms with Crippen LogP contribution in [0.1, 0.15) is 37.3 Å². The summed E-state index contributed by atoms with van der Waals surface area (Å²) < 4.78 is 37.9. The normalized spacial score (nSPS) is 21.9. The maximum absolute atomic E-state index is 12.6. The van der Waals surface area contributed by atoms with Gasteiger partial charge in [-0.2, -0.15) is 13.2 Å². The van der Waals surface area contributed by atoms with Gasteiger partial charge in [0.1, 0.15) is 0 Å². The van der Waals surface area contributed by atoms with Gasteiger partial charge in [-0.3, -0.25) is 4.79 Å². The molecule has 0 bridgehead atoms. The fraction of sp³-hybridized carbons (Fsp3) is 0.533. The number of nitrogens with one attached hydrogen (secondary N) is 1. The van der Waals surface area contributed by atoms with Gasteiger partial charge in [0, 0.05) is 12.5 Å². The van der Waals surface area contributed by atoms with Crippen molar-refractivity contribution >= 4 is 5.91 Å². The second-order valence-corrected chi connectivity index (χ2v) is 5.63. The predicted octanol–water partition coefficient (Wildman–Crippen LogP) is 3.58. The lowest BCUT2D eigenvalue weighted by Crippen LogP contribution is -2.29. The summed E-state index contributed by atoms with van der Waals surface area (Å²) in [5.41, 5.74) is 0.107. The molecule has 0 radical (unpaired) electrons. The van der Waals surface area contributed by atoms with Crippen molar-refractivity contribution in [1.29, 1.82) is 0 Å². The van der Waals surface area contributed by atoms with Gasteiger partial charge >= 0.3 is 6.18 Å². The Morgan fingerprint density at radius 3 is 2.70 bits per heavy atom. The predicted molar refractivity (Wildman–Crippen MR) is 70.1 cm³/mol. The number of hydrogen-bond donors (Lipinski definition) is 1. The maximum Gasteiger partial charge on any atom is 0.416 e. The van der Waals surface area contributed by atoms with Gasteiger partial charge in [0.25, 0.3) is 0 Å². The van der Waals surface area contributed by atoms with Crippen LogP contribution in [-0.4, -0.2) is 12.5 Å². The molecule has 1 amide bonds. The van der Waals surface area contributed by atoms with E-state index in [4.69, 9.17) is 0 Å². The summed E-state index contributed by atoms with van der Waals surface area (Å²) in [4.78, 5) is 11.4. The van der Waals surface area contributed by atoms with E-state index < -0.39 is 11.7 Å². The molecular formula is C15H18F3NO. The number of benzene rings is 1. The van der Waals surface area contributed by atoms with E-state index in [-0.39, 0.29) is 23.7 Å². The molecule has 2 atom stereocenters. The van der Waals surface area contributed by atoms with Gasteiger partial charge < -0.3 is 5.32 Å². The van der Waals surface area contributed by atoms with Gasteiger partial charge in [-0.1, -0.05) is 32.0 Å². The maximum atomic E-state index is 12.6. The van der Waals surface area contributed by atoms with E-state index in [0.29, 0.717) is 12.1 Å². The Morgan fingerprint density at radius 2 is 2.10 bits per heavy atom. The topological polar surface area (TPSA) is 29.1 Å². The molecule has 1 aromatic rings. The van der Waals surface area contributed by atoms with Crippen LogP contribution >= 0.6 is 0 Å². The van der Waals surface area contributed by atoms with Crippen molar-refractivity contribution in [3.05, 3.63) is 35.4 Å². The number of alkyl halides is 3. The Kier molecular flexibility index (Phi) is 4.06. The van der Waals surface area contributed by atoms with Crippen LogP contribution in [0.15, 0.2) is 24.3 Å². The van der Waals surface area contributed by atoms with Crippen LogP contribution in [0, 0.1) is 11.8 Å². The lowest BCUT2D eigenvalue weighted by atomic mass is 10.1. The molecule has 1 aromatic carbocycles. The van der Waals surface area contributed by atoms with Crippen LogP contribution in [-0.2, 0) is 11.0 Å². The van der Waals surface area contributed by atoms with Gasteiger partial charge in [-0.25, -0.2) is 0 Å². The smallest absolute Gasteiger partial charge is 0.356 e. The molecule has 1 aliphatic carbocycles. The summed E-state index contributed by atoms with van der Waals surface area (Å²) in [5.74, 6) is 0.298. The molecule has 20 heavy (non-hydrogen) atoms. The average Bonchev–Trinajstić information content (AvgIpc) is 3.14. The summed E-state index contributed by atoms with van der Waals surface area (Å²) in [6.45, 7) is 4.16. The van der Waals surface area contributed by atoms with Gasteiger partial charge in [-0.05, 0) is 29.9 Å². The SMILES string of the molecule is CC(C)C(=O)NC[C@@H]1C[C@H]1c1cccc(C(F)(F)F)c1. The standard InChI is InChI=1S/C15H18F3NO/c1-9(2)14(20)19-8-11-7-13(11)10-4-3-5-12(6-10)15(16,17)18/h3-6,9,11,13H,7-8H2,1-2H3,(H,19,20)/t11-,13-/m0/s1. The van der Waals surface area contributed by atoms with Crippen LogP contribution in [0.4, 0.5) is 13.2 Å². The van der Waals surface area contributed by atoms with Crippen molar-refractivity contribution in [3.63, 3.8) is 0 Å². The van der Waals surface area contributed by atoms with E-state index in [1.54, 1.807) is 6.07 Å². The van der Waals surface area contributed by atoms with Crippen molar-refractivity contribution in [2.75, 3.05) is 6.54 Å². The third-order valence-corrected chi connectivity index (χ3v) is 3.63. The fourth-order valence-electron chi connectivity index (χ4n) is 2.26. The van der Waals surface area contributed by atoms with Crippen molar-refractivity contribution in [2.24, 2.45) is 11.8 Å². The van der Waals surface area contributed by atoms with Gasteiger partial charge in [0.15, 0.2) is 0 Å². The molecule has 1 saturated carbocycles. The highest BCUT2D eigenvalue weighted by molar-refractivity contribution is 5.77. The molecule has 0 saturated heterocycles. The molecule has 0 spiro atoms. The molecule has 2 rings (SSSR count). The fourth-order valence-corrected chi connectivity index (χ4v) is 2.26. The van der Waals surface area contributed by atoms with E-state index in [0.717, 1.165) is 12.5 Å². The van der Waals surface area contributed by atoms with Crippen LogP contribution in [0.3, 0.4) is 0 Å². The van der Waals surface area contributed by atoms with Crippen molar-refractivity contribution in [3.8, 4) is 0 Å². The first-order chi connectivity index (χ1) is 9.29. The van der Waals surface area contributed by atoms with Gasteiger partial charge in [0.05, 0.1) is 5.56 Å².